The molecule has 1 aliphatic heterocycles. The van der Waals surface area contributed by atoms with Crippen molar-refractivity contribution in [1.29, 1.82) is 0 Å². The number of hydrogen-bond donors (Lipinski definition) is 1. The van der Waals surface area contributed by atoms with E-state index in [0.29, 0.717) is 31.3 Å². The summed E-state index contributed by atoms with van der Waals surface area (Å²) in [5, 5.41) is 4.72. The van der Waals surface area contributed by atoms with Crippen molar-refractivity contribution >= 4 is 27.3 Å². The average Bonchev–Trinajstić information content (AvgIpc) is 3.31. The van der Waals surface area contributed by atoms with E-state index in [2.05, 4.69) is 5.32 Å². The first-order valence-corrected chi connectivity index (χ1v) is 12.1. The molecule has 7 nitrogen and oxygen atoms in total. The van der Waals surface area contributed by atoms with Gasteiger partial charge in [0.2, 0.25) is 15.9 Å². The summed E-state index contributed by atoms with van der Waals surface area (Å²) in [7, 11) is -3.96. The van der Waals surface area contributed by atoms with Gasteiger partial charge in [0.05, 0.1) is 18.0 Å². The summed E-state index contributed by atoms with van der Waals surface area (Å²) in [5.74, 6) is 0.521. The van der Waals surface area contributed by atoms with Crippen molar-refractivity contribution in [1.82, 2.24) is 9.62 Å². The molecule has 1 N–H and O–H groups in total. The Bertz CT molecular complexity index is 1130. The van der Waals surface area contributed by atoms with E-state index in [9.17, 15) is 13.2 Å². The summed E-state index contributed by atoms with van der Waals surface area (Å²) in [6.45, 7) is 0.916. The van der Waals surface area contributed by atoms with E-state index in [1.54, 1.807) is 6.07 Å². The maximum absolute atomic E-state index is 13.4. The Labute approximate surface area is 185 Å². The van der Waals surface area contributed by atoms with Gasteiger partial charge in [0.15, 0.2) is 11.5 Å². The topological polar surface area (TPSA) is 84.9 Å². The first-order chi connectivity index (χ1) is 15.0. The highest BCUT2D eigenvalue weighted by atomic mass is 32.2. The lowest BCUT2D eigenvalue weighted by molar-refractivity contribution is -0.121. The van der Waals surface area contributed by atoms with Gasteiger partial charge >= 0.3 is 0 Å². The molecular weight excluding hydrogens is 436 g/mol. The van der Waals surface area contributed by atoms with Crippen molar-refractivity contribution in [2.24, 2.45) is 0 Å². The Kier molecular flexibility index (Phi) is 6.55. The maximum Gasteiger partial charge on any atom is 0.243 e. The predicted molar refractivity (Wildman–Crippen MR) is 118 cm³/mol. The molecule has 0 bridgehead atoms. The fraction of sp³-hybridized carbons (Fsp3) is 0.227. The minimum absolute atomic E-state index is 0.0544. The number of amides is 1. The van der Waals surface area contributed by atoms with Gasteiger partial charge in [0.25, 0.3) is 0 Å². The van der Waals surface area contributed by atoms with E-state index < -0.39 is 10.0 Å². The number of carbonyl (C=O) groups is 1. The standard InChI is InChI=1S/C22H22N2O5S2/c25-22(23-14-18-7-4-12-30-18)16-24(15-17-5-2-1-3-6-17)31(26,27)19-8-9-20-21(13-19)29-11-10-28-20/h1-9,12-13H,10-11,14-16H2,(H,23,25). The van der Waals surface area contributed by atoms with Gasteiger partial charge in [0, 0.05) is 17.5 Å². The Balaban J connectivity index is 1.57. The van der Waals surface area contributed by atoms with Crippen LogP contribution in [0.5, 0.6) is 11.5 Å². The Hall–Kier alpha value is -2.88. The molecule has 2 heterocycles. The van der Waals surface area contributed by atoms with Gasteiger partial charge in [-0.3, -0.25) is 4.79 Å². The zero-order valence-electron chi connectivity index (χ0n) is 16.7. The molecule has 0 saturated carbocycles. The van der Waals surface area contributed by atoms with E-state index in [-0.39, 0.29) is 23.9 Å². The third-order valence-electron chi connectivity index (χ3n) is 4.71. The number of rotatable bonds is 8. The molecule has 1 aromatic heterocycles. The van der Waals surface area contributed by atoms with Crippen LogP contribution >= 0.6 is 11.3 Å². The number of nitrogens with zero attached hydrogens (tertiary/aromatic N) is 1. The van der Waals surface area contributed by atoms with Crippen LogP contribution in [0.15, 0.2) is 70.9 Å². The van der Waals surface area contributed by atoms with Gasteiger partial charge in [-0.15, -0.1) is 11.3 Å². The molecule has 0 spiro atoms. The van der Waals surface area contributed by atoms with Crippen LogP contribution in [0.4, 0.5) is 0 Å². The Morgan fingerprint density at radius 2 is 1.77 bits per heavy atom. The molecule has 31 heavy (non-hydrogen) atoms. The zero-order valence-corrected chi connectivity index (χ0v) is 18.3. The van der Waals surface area contributed by atoms with E-state index in [4.69, 9.17) is 9.47 Å². The molecule has 0 fully saturated rings. The van der Waals surface area contributed by atoms with Crippen LogP contribution in [0, 0.1) is 0 Å². The van der Waals surface area contributed by atoms with Gasteiger partial charge in [-0.1, -0.05) is 36.4 Å². The molecular formula is C22H22N2O5S2. The molecule has 0 radical (unpaired) electrons. The zero-order chi connectivity index (χ0) is 21.7. The third-order valence-corrected chi connectivity index (χ3v) is 7.38. The van der Waals surface area contributed by atoms with Crippen LogP contribution in [0.3, 0.4) is 0 Å². The molecule has 1 amide bonds. The van der Waals surface area contributed by atoms with E-state index in [0.717, 1.165) is 10.4 Å². The second-order valence-electron chi connectivity index (χ2n) is 6.92. The van der Waals surface area contributed by atoms with Gasteiger partial charge in [0.1, 0.15) is 13.2 Å². The summed E-state index contributed by atoms with van der Waals surface area (Å²) in [6, 6.07) is 17.5. The van der Waals surface area contributed by atoms with E-state index >= 15 is 0 Å². The number of fused-ring (bicyclic) bond motifs is 1. The lowest BCUT2D eigenvalue weighted by Crippen LogP contribution is -2.40. The second-order valence-corrected chi connectivity index (χ2v) is 9.89. The highest BCUT2D eigenvalue weighted by molar-refractivity contribution is 7.89. The molecule has 0 saturated heterocycles. The fourth-order valence-corrected chi connectivity index (χ4v) is 5.21. The number of hydrogen-bond acceptors (Lipinski definition) is 6. The maximum atomic E-state index is 13.4. The van der Waals surface area contributed by atoms with Crippen molar-refractivity contribution in [2.45, 2.75) is 18.0 Å². The summed E-state index contributed by atoms with van der Waals surface area (Å²) in [4.78, 5) is 13.6. The first kappa shape index (κ1) is 21.4. The summed E-state index contributed by atoms with van der Waals surface area (Å²) >= 11 is 1.53. The minimum atomic E-state index is -3.96. The molecule has 162 valence electrons. The highest BCUT2D eigenvalue weighted by Gasteiger charge is 2.28. The van der Waals surface area contributed by atoms with Crippen molar-refractivity contribution in [3.8, 4) is 11.5 Å². The first-order valence-electron chi connectivity index (χ1n) is 9.75. The summed E-state index contributed by atoms with van der Waals surface area (Å²) < 4.78 is 39.1. The van der Waals surface area contributed by atoms with E-state index in [1.807, 2.05) is 47.8 Å². The molecule has 0 atom stereocenters. The number of sulfonamides is 1. The highest BCUT2D eigenvalue weighted by Crippen LogP contribution is 2.33. The van der Waals surface area contributed by atoms with Crippen molar-refractivity contribution in [3.05, 3.63) is 76.5 Å². The van der Waals surface area contributed by atoms with Gasteiger partial charge in [-0.25, -0.2) is 8.42 Å². The number of carbonyl (C=O) groups excluding carboxylic acids is 1. The molecule has 2 aromatic carbocycles. The second kappa shape index (κ2) is 9.51. The van der Waals surface area contributed by atoms with Crippen LogP contribution < -0.4 is 14.8 Å². The van der Waals surface area contributed by atoms with Crippen LogP contribution in [0.2, 0.25) is 0 Å². The van der Waals surface area contributed by atoms with Crippen molar-refractivity contribution in [3.63, 3.8) is 0 Å². The normalized spacial score (nSPS) is 13.2. The van der Waals surface area contributed by atoms with Gasteiger partial charge in [-0.2, -0.15) is 4.31 Å². The molecule has 0 aliphatic carbocycles. The lowest BCUT2D eigenvalue weighted by Gasteiger charge is -2.23. The molecule has 9 heteroatoms. The number of thiophene rings is 1. The third kappa shape index (κ3) is 5.25. The summed E-state index contributed by atoms with van der Waals surface area (Å²) in [5.41, 5.74) is 0.787. The predicted octanol–water partition coefficient (Wildman–Crippen LogP) is 3.03. The monoisotopic (exact) mass is 458 g/mol. The number of benzene rings is 2. The average molecular weight is 459 g/mol. The number of nitrogens with one attached hydrogen (secondary N) is 1. The van der Waals surface area contributed by atoms with Crippen molar-refractivity contribution < 1.29 is 22.7 Å². The number of ether oxygens (including phenoxy) is 2. The molecule has 3 aromatic rings. The quantitative estimate of drug-likeness (QED) is 0.561. The molecule has 0 unspecified atom stereocenters. The smallest absolute Gasteiger partial charge is 0.243 e. The SMILES string of the molecule is O=C(CN(Cc1ccccc1)S(=O)(=O)c1ccc2c(c1)OCCO2)NCc1cccs1. The molecule has 1 aliphatic rings. The Morgan fingerprint density at radius 1 is 1.00 bits per heavy atom. The van der Waals surface area contributed by atoms with Crippen molar-refractivity contribution in [2.75, 3.05) is 19.8 Å². The van der Waals surface area contributed by atoms with Crippen LogP contribution in [0.1, 0.15) is 10.4 Å². The van der Waals surface area contributed by atoms with Gasteiger partial charge < -0.3 is 14.8 Å². The minimum Gasteiger partial charge on any atom is -0.486 e. The van der Waals surface area contributed by atoms with Crippen LogP contribution in [0.25, 0.3) is 0 Å². The lowest BCUT2D eigenvalue weighted by atomic mass is 10.2. The van der Waals surface area contributed by atoms with Crippen LogP contribution in [-0.4, -0.2) is 38.4 Å². The largest absolute Gasteiger partial charge is 0.486 e. The Morgan fingerprint density at radius 3 is 2.52 bits per heavy atom. The fourth-order valence-electron chi connectivity index (χ4n) is 3.16. The summed E-state index contributed by atoms with van der Waals surface area (Å²) in [6.07, 6.45) is 0. The molecule has 4 rings (SSSR count). The van der Waals surface area contributed by atoms with Crippen LogP contribution in [-0.2, 0) is 27.9 Å². The van der Waals surface area contributed by atoms with E-state index in [1.165, 1.54) is 27.8 Å². The van der Waals surface area contributed by atoms with Gasteiger partial charge in [-0.05, 0) is 29.1 Å².